The zero-order valence-electron chi connectivity index (χ0n) is 14.4. The zero-order chi connectivity index (χ0) is 16.4. The molecule has 0 radical (unpaired) electrons. The van der Waals surface area contributed by atoms with Crippen LogP contribution in [-0.4, -0.2) is 76.4 Å². The van der Waals surface area contributed by atoms with Crippen LogP contribution in [-0.2, 0) is 16.1 Å². The van der Waals surface area contributed by atoms with Crippen LogP contribution in [0.5, 0.6) is 0 Å². The summed E-state index contributed by atoms with van der Waals surface area (Å²) in [6, 6.07) is 0. The number of nitrogens with zero attached hydrogens (tertiary/aromatic N) is 5. The molecular formula is C16H27N5O2. The number of methoxy groups -OCH3 is 1. The van der Waals surface area contributed by atoms with Crippen LogP contribution in [0.3, 0.4) is 0 Å². The summed E-state index contributed by atoms with van der Waals surface area (Å²) >= 11 is 0. The third-order valence-corrected chi connectivity index (χ3v) is 5.43. The van der Waals surface area contributed by atoms with Crippen LogP contribution in [0.1, 0.15) is 37.9 Å². The number of carbonyl (C=O) groups is 1. The highest BCUT2D eigenvalue weighted by Crippen LogP contribution is 2.33. The van der Waals surface area contributed by atoms with Crippen molar-refractivity contribution in [1.82, 2.24) is 24.6 Å². The van der Waals surface area contributed by atoms with Gasteiger partial charge in [-0.3, -0.25) is 9.69 Å². The van der Waals surface area contributed by atoms with E-state index in [2.05, 4.69) is 29.1 Å². The van der Waals surface area contributed by atoms with Gasteiger partial charge in [0, 0.05) is 26.7 Å². The predicted molar refractivity (Wildman–Crippen MR) is 86.1 cm³/mol. The maximum atomic E-state index is 12.9. The molecule has 1 aromatic heterocycles. The SMILES string of the molecule is COCCn1cnnc1C1CN(C(=O)[C@]2(C)CCCCN2C)C1. The van der Waals surface area contributed by atoms with Crippen molar-refractivity contribution in [1.29, 1.82) is 0 Å². The second-order valence-electron chi connectivity index (χ2n) is 6.93. The number of aromatic nitrogens is 3. The lowest BCUT2D eigenvalue weighted by molar-refractivity contribution is -0.149. The van der Waals surface area contributed by atoms with Gasteiger partial charge in [-0.05, 0) is 39.8 Å². The van der Waals surface area contributed by atoms with Crippen LogP contribution >= 0.6 is 0 Å². The molecule has 1 atom stereocenters. The zero-order valence-corrected chi connectivity index (χ0v) is 14.4. The number of ether oxygens (including phenoxy) is 1. The lowest BCUT2D eigenvalue weighted by atomic mass is 9.85. The van der Waals surface area contributed by atoms with Gasteiger partial charge in [-0.2, -0.15) is 0 Å². The van der Waals surface area contributed by atoms with Crippen molar-refractivity contribution < 1.29 is 9.53 Å². The van der Waals surface area contributed by atoms with E-state index >= 15 is 0 Å². The van der Waals surface area contributed by atoms with Crippen LogP contribution in [0.4, 0.5) is 0 Å². The first kappa shape index (κ1) is 16.4. The molecule has 2 aliphatic rings. The number of likely N-dealkylation sites (tertiary alicyclic amines) is 2. The molecule has 0 bridgehead atoms. The van der Waals surface area contributed by atoms with Crippen molar-refractivity contribution in [3.63, 3.8) is 0 Å². The Kier molecular flexibility index (Phi) is 4.68. The van der Waals surface area contributed by atoms with Crippen molar-refractivity contribution in [2.45, 2.75) is 44.2 Å². The molecule has 0 aromatic carbocycles. The molecule has 2 fully saturated rings. The second-order valence-corrected chi connectivity index (χ2v) is 6.93. The molecule has 128 valence electrons. The average molecular weight is 321 g/mol. The molecule has 0 saturated carbocycles. The van der Waals surface area contributed by atoms with Crippen LogP contribution in [0, 0.1) is 0 Å². The Morgan fingerprint density at radius 3 is 2.91 bits per heavy atom. The Labute approximate surface area is 137 Å². The second kappa shape index (κ2) is 6.57. The fraction of sp³-hybridized carbons (Fsp3) is 0.812. The van der Waals surface area contributed by atoms with Gasteiger partial charge < -0.3 is 14.2 Å². The lowest BCUT2D eigenvalue weighted by Crippen LogP contribution is -2.62. The van der Waals surface area contributed by atoms with E-state index in [1.165, 1.54) is 6.42 Å². The van der Waals surface area contributed by atoms with E-state index in [0.29, 0.717) is 6.61 Å². The van der Waals surface area contributed by atoms with Crippen molar-refractivity contribution in [3.05, 3.63) is 12.2 Å². The molecule has 3 heterocycles. The maximum Gasteiger partial charge on any atom is 0.242 e. The fourth-order valence-corrected chi connectivity index (χ4v) is 3.62. The topological polar surface area (TPSA) is 63.5 Å². The summed E-state index contributed by atoms with van der Waals surface area (Å²) in [7, 11) is 3.75. The van der Waals surface area contributed by atoms with E-state index in [1.807, 2.05) is 9.47 Å². The van der Waals surface area contributed by atoms with Gasteiger partial charge in [0.15, 0.2) is 0 Å². The third kappa shape index (κ3) is 2.99. The van der Waals surface area contributed by atoms with Crippen LogP contribution in [0.15, 0.2) is 6.33 Å². The van der Waals surface area contributed by atoms with E-state index in [-0.39, 0.29) is 17.4 Å². The minimum atomic E-state index is -0.340. The third-order valence-electron chi connectivity index (χ3n) is 5.43. The highest BCUT2D eigenvalue weighted by atomic mass is 16.5. The molecule has 0 N–H and O–H groups in total. The molecule has 7 nitrogen and oxygen atoms in total. The smallest absolute Gasteiger partial charge is 0.242 e. The Morgan fingerprint density at radius 1 is 1.43 bits per heavy atom. The first-order valence-electron chi connectivity index (χ1n) is 8.43. The standard InChI is InChI=1S/C16H27N5O2/c1-16(6-4-5-7-19(16)2)15(22)21-10-13(11-21)14-18-17-12-20(14)8-9-23-3/h12-13H,4-11H2,1-3H3/t16-/m0/s1. The molecule has 0 spiro atoms. The van der Waals surface area contributed by atoms with E-state index in [4.69, 9.17) is 4.74 Å². The van der Waals surface area contributed by atoms with Crippen molar-refractivity contribution in [3.8, 4) is 0 Å². The van der Waals surface area contributed by atoms with Crippen molar-refractivity contribution >= 4 is 5.91 Å². The summed E-state index contributed by atoms with van der Waals surface area (Å²) in [4.78, 5) is 17.1. The molecule has 1 amide bonds. The summed E-state index contributed by atoms with van der Waals surface area (Å²) in [6.45, 7) is 5.97. The highest BCUT2D eigenvalue weighted by molar-refractivity contribution is 5.87. The molecule has 2 saturated heterocycles. The number of amides is 1. The quantitative estimate of drug-likeness (QED) is 0.800. The van der Waals surface area contributed by atoms with E-state index in [1.54, 1.807) is 13.4 Å². The summed E-state index contributed by atoms with van der Waals surface area (Å²) in [5.41, 5.74) is -0.340. The van der Waals surface area contributed by atoms with Crippen LogP contribution in [0.2, 0.25) is 0 Å². The Bertz CT molecular complexity index is 554. The average Bonchev–Trinajstić information content (AvgIpc) is 2.95. The molecule has 0 aliphatic carbocycles. The molecule has 0 unspecified atom stereocenters. The van der Waals surface area contributed by atoms with Gasteiger partial charge in [0.05, 0.1) is 18.1 Å². The van der Waals surface area contributed by atoms with Gasteiger partial charge >= 0.3 is 0 Å². The van der Waals surface area contributed by atoms with Gasteiger partial charge in [-0.25, -0.2) is 0 Å². The first-order chi connectivity index (χ1) is 11.1. The van der Waals surface area contributed by atoms with E-state index in [9.17, 15) is 4.79 Å². The summed E-state index contributed by atoms with van der Waals surface area (Å²) < 4.78 is 7.15. The molecule has 7 heteroatoms. The number of hydrogen-bond donors (Lipinski definition) is 0. The number of likely N-dealkylation sites (N-methyl/N-ethyl adjacent to an activating group) is 1. The lowest BCUT2D eigenvalue weighted by Gasteiger charge is -2.48. The molecule has 2 aliphatic heterocycles. The first-order valence-corrected chi connectivity index (χ1v) is 8.43. The predicted octanol–water partition coefficient (Wildman–Crippen LogP) is 0.725. The molecular weight excluding hydrogens is 294 g/mol. The molecule has 23 heavy (non-hydrogen) atoms. The van der Waals surface area contributed by atoms with Gasteiger partial charge in [0.2, 0.25) is 5.91 Å². The summed E-state index contributed by atoms with van der Waals surface area (Å²) in [5.74, 6) is 1.52. The normalized spacial score (nSPS) is 26.3. The minimum Gasteiger partial charge on any atom is -0.383 e. The number of piperidine rings is 1. The maximum absolute atomic E-state index is 12.9. The van der Waals surface area contributed by atoms with Crippen LogP contribution < -0.4 is 0 Å². The molecule has 1 aromatic rings. The molecule has 3 rings (SSSR count). The van der Waals surface area contributed by atoms with Gasteiger partial charge in [-0.1, -0.05) is 0 Å². The van der Waals surface area contributed by atoms with Crippen molar-refractivity contribution in [2.24, 2.45) is 0 Å². The van der Waals surface area contributed by atoms with Gasteiger partial charge in [0.1, 0.15) is 12.2 Å². The Hall–Kier alpha value is -1.47. The van der Waals surface area contributed by atoms with E-state index in [0.717, 1.165) is 44.8 Å². The van der Waals surface area contributed by atoms with Crippen LogP contribution in [0.25, 0.3) is 0 Å². The summed E-state index contributed by atoms with van der Waals surface area (Å²) in [5, 5.41) is 8.25. The highest BCUT2D eigenvalue weighted by Gasteiger charge is 2.46. The van der Waals surface area contributed by atoms with E-state index < -0.39 is 0 Å². The fourth-order valence-electron chi connectivity index (χ4n) is 3.62. The minimum absolute atomic E-state index is 0.263. The monoisotopic (exact) mass is 321 g/mol. The van der Waals surface area contributed by atoms with Gasteiger partial charge in [-0.15, -0.1) is 10.2 Å². The Balaban J connectivity index is 1.60. The summed E-state index contributed by atoms with van der Waals surface area (Å²) in [6.07, 6.45) is 5.02. The van der Waals surface area contributed by atoms with Crippen molar-refractivity contribution in [2.75, 3.05) is 40.4 Å². The number of rotatable bonds is 5. The number of hydrogen-bond acceptors (Lipinski definition) is 5. The number of carbonyl (C=O) groups excluding carboxylic acids is 1. The van der Waals surface area contributed by atoms with Gasteiger partial charge in [0.25, 0.3) is 0 Å². The largest absolute Gasteiger partial charge is 0.383 e. The Morgan fingerprint density at radius 2 is 2.22 bits per heavy atom.